The molecular formula is C9H6BrN3O. The van der Waals surface area contributed by atoms with Gasteiger partial charge in [0.1, 0.15) is 10.4 Å². The van der Waals surface area contributed by atoms with Gasteiger partial charge in [0.25, 0.3) is 0 Å². The maximum atomic E-state index is 5.38. The van der Waals surface area contributed by atoms with Crippen molar-refractivity contribution in [3.63, 3.8) is 0 Å². The fourth-order valence-electron chi connectivity index (χ4n) is 0.881. The molecule has 70 valence electrons. The Morgan fingerprint density at radius 2 is 2.07 bits per heavy atom. The van der Waals surface area contributed by atoms with Crippen LogP contribution in [0.1, 0.15) is 0 Å². The second kappa shape index (κ2) is 4.15. The molecule has 0 amide bonds. The summed E-state index contributed by atoms with van der Waals surface area (Å²) >= 11 is 3.19. The first-order valence-electron chi connectivity index (χ1n) is 3.90. The zero-order chi connectivity index (χ0) is 9.80. The molecule has 4 nitrogen and oxygen atoms in total. The van der Waals surface area contributed by atoms with Crippen molar-refractivity contribution in [3.8, 4) is 11.6 Å². The molecule has 0 spiro atoms. The third-order valence-corrected chi connectivity index (χ3v) is 1.86. The summed E-state index contributed by atoms with van der Waals surface area (Å²) in [5.41, 5.74) is 0. The van der Waals surface area contributed by atoms with Crippen LogP contribution in [0, 0.1) is 0 Å². The lowest BCUT2D eigenvalue weighted by Crippen LogP contribution is -1.89. The van der Waals surface area contributed by atoms with E-state index in [-0.39, 0.29) is 0 Å². The molecule has 0 unspecified atom stereocenters. The molecule has 0 bridgehead atoms. The van der Waals surface area contributed by atoms with E-state index in [1.54, 1.807) is 30.7 Å². The molecule has 14 heavy (non-hydrogen) atoms. The lowest BCUT2D eigenvalue weighted by molar-refractivity contribution is 0.457. The second-order valence-corrected chi connectivity index (χ2v) is 3.28. The minimum atomic E-state index is 0.446. The number of hydrogen-bond donors (Lipinski definition) is 0. The molecule has 0 aromatic carbocycles. The first-order valence-corrected chi connectivity index (χ1v) is 4.69. The molecule has 0 aliphatic heterocycles. The van der Waals surface area contributed by atoms with Gasteiger partial charge in [0.05, 0.1) is 18.6 Å². The zero-order valence-corrected chi connectivity index (χ0v) is 8.68. The van der Waals surface area contributed by atoms with Gasteiger partial charge in [0.2, 0.25) is 5.88 Å². The van der Waals surface area contributed by atoms with Gasteiger partial charge in [-0.3, -0.25) is 4.98 Å². The van der Waals surface area contributed by atoms with Crippen molar-refractivity contribution < 1.29 is 4.74 Å². The maximum absolute atomic E-state index is 5.38. The summed E-state index contributed by atoms with van der Waals surface area (Å²) in [6, 6.07) is 3.60. The zero-order valence-electron chi connectivity index (χ0n) is 7.09. The molecule has 0 saturated carbocycles. The largest absolute Gasteiger partial charge is 0.436 e. The van der Waals surface area contributed by atoms with Gasteiger partial charge in [-0.1, -0.05) is 0 Å². The highest BCUT2D eigenvalue weighted by molar-refractivity contribution is 9.10. The summed E-state index contributed by atoms with van der Waals surface area (Å²) in [5, 5.41) is 0. The highest BCUT2D eigenvalue weighted by Crippen LogP contribution is 2.17. The number of nitrogens with zero attached hydrogens (tertiary/aromatic N) is 3. The lowest BCUT2D eigenvalue weighted by Gasteiger charge is -2.02. The molecule has 5 heteroatoms. The molecule has 0 aliphatic carbocycles. The number of aromatic nitrogens is 3. The Morgan fingerprint density at radius 1 is 1.14 bits per heavy atom. The Hall–Kier alpha value is -1.49. The van der Waals surface area contributed by atoms with Crippen LogP contribution >= 0.6 is 15.9 Å². The van der Waals surface area contributed by atoms with Crippen LogP contribution in [-0.4, -0.2) is 15.0 Å². The predicted octanol–water partition coefficient (Wildman–Crippen LogP) is 2.43. The Bertz CT molecular complexity index is 404. The third-order valence-electron chi connectivity index (χ3n) is 1.45. The minimum Gasteiger partial charge on any atom is -0.436 e. The van der Waals surface area contributed by atoms with Gasteiger partial charge in [-0.05, 0) is 28.1 Å². The van der Waals surface area contributed by atoms with Crippen molar-refractivity contribution in [2.24, 2.45) is 0 Å². The summed E-state index contributed by atoms with van der Waals surface area (Å²) in [6.07, 6.45) is 6.41. The van der Waals surface area contributed by atoms with E-state index in [4.69, 9.17) is 4.74 Å². The molecule has 2 aromatic rings. The van der Waals surface area contributed by atoms with E-state index >= 15 is 0 Å². The van der Waals surface area contributed by atoms with E-state index in [9.17, 15) is 0 Å². The Labute approximate surface area is 89.1 Å². The van der Waals surface area contributed by atoms with Crippen LogP contribution < -0.4 is 4.74 Å². The fraction of sp³-hybridized carbons (Fsp3) is 0. The van der Waals surface area contributed by atoms with Crippen molar-refractivity contribution in [3.05, 3.63) is 41.5 Å². The van der Waals surface area contributed by atoms with E-state index in [2.05, 4.69) is 30.9 Å². The highest BCUT2D eigenvalue weighted by atomic mass is 79.9. The van der Waals surface area contributed by atoms with Gasteiger partial charge in [0.15, 0.2) is 0 Å². The van der Waals surface area contributed by atoms with Gasteiger partial charge in [0, 0.05) is 6.20 Å². The van der Waals surface area contributed by atoms with Gasteiger partial charge >= 0.3 is 0 Å². The third kappa shape index (κ3) is 2.26. The Balaban J connectivity index is 2.16. The Morgan fingerprint density at radius 3 is 2.71 bits per heavy atom. The number of pyridine rings is 1. The van der Waals surface area contributed by atoms with E-state index in [0.717, 1.165) is 0 Å². The molecule has 0 atom stereocenters. The van der Waals surface area contributed by atoms with Crippen LogP contribution in [0.4, 0.5) is 0 Å². The van der Waals surface area contributed by atoms with Gasteiger partial charge in [-0.15, -0.1) is 0 Å². The lowest BCUT2D eigenvalue weighted by atomic mass is 10.5. The molecule has 2 aromatic heterocycles. The normalized spacial score (nSPS) is 9.79. The first-order chi connectivity index (χ1) is 6.84. The number of ether oxygens (including phenoxy) is 1. The van der Waals surface area contributed by atoms with Crippen molar-refractivity contribution >= 4 is 15.9 Å². The predicted molar refractivity (Wildman–Crippen MR) is 54.0 cm³/mol. The molecule has 0 saturated heterocycles. The summed E-state index contributed by atoms with van der Waals surface area (Å²) in [7, 11) is 0. The van der Waals surface area contributed by atoms with Crippen molar-refractivity contribution in [1.82, 2.24) is 15.0 Å². The fourth-order valence-corrected chi connectivity index (χ4v) is 1.09. The number of rotatable bonds is 2. The SMILES string of the molecule is Brc1cnc(Oc2cccnc2)cn1. The molecule has 0 radical (unpaired) electrons. The standard InChI is InChI=1S/C9H6BrN3O/c10-8-5-13-9(6-12-8)14-7-2-1-3-11-4-7/h1-6H. The van der Waals surface area contributed by atoms with E-state index in [0.29, 0.717) is 16.2 Å². The topological polar surface area (TPSA) is 47.9 Å². The number of halogens is 1. The van der Waals surface area contributed by atoms with Crippen LogP contribution in [-0.2, 0) is 0 Å². The van der Waals surface area contributed by atoms with Crippen LogP contribution in [0.5, 0.6) is 11.6 Å². The average Bonchev–Trinajstić information content (AvgIpc) is 2.23. The summed E-state index contributed by atoms with van der Waals surface area (Å²) in [5.74, 6) is 1.09. The smallest absolute Gasteiger partial charge is 0.237 e. The molecule has 0 aliphatic rings. The Kier molecular flexibility index (Phi) is 2.69. The average molecular weight is 252 g/mol. The number of hydrogen-bond acceptors (Lipinski definition) is 4. The van der Waals surface area contributed by atoms with Crippen molar-refractivity contribution in [1.29, 1.82) is 0 Å². The van der Waals surface area contributed by atoms with Crippen molar-refractivity contribution in [2.45, 2.75) is 0 Å². The van der Waals surface area contributed by atoms with E-state index in [1.807, 2.05) is 0 Å². The van der Waals surface area contributed by atoms with Crippen LogP contribution in [0.3, 0.4) is 0 Å². The van der Waals surface area contributed by atoms with Crippen LogP contribution in [0.25, 0.3) is 0 Å². The van der Waals surface area contributed by atoms with E-state index < -0.39 is 0 Å². The van der Waals surface area contributed by atoms with E-state index in [1.165, 1.54) is 6.20 Å². The van der Waals surface area contributed by atoms with Crippen LogP contribution in [0.15, 0.2) is 41.5 Å². The van der Waals surface area contributed by atoms with Crippen LogP contribution in [0.2, 0.25) is 0 Å². The molecule has 2 rings (SSSR count). The molecule has 2 heterocycles. The maximum Gasteiger partial charge on any atom is 0.237 e. The summed E-state index contributed by atoms with van der Waals surface area (Å²) < 4.78 is 6.05. The minimum absolute atomic E-state index is 0.446. The summed E-state index contributed by atoms with van der Waals surface area (Å²) in [4.78, 5) is 11.9. The quantitative estimate of drug-likeness (QED) is 0.823. The summed E-state index contributed by atoms with van der Waals surface area (Å²) in [6.45, 7) is 0. The van der Waals surface area contributed by atoms with Gasteiger partial charge in [-0.2, -0.15) is 0 Å². The van der Waals surface area contributed by atoms with Crippen molar-refractivity contribution in [2.75, 3.05) is 0 Å². The van der Waals surface area contributed by atoms with Gasteiger partial charge in [-0.25, -0.2) is 9.97 Å². The highest BCUT2D eigenvalue weighted by Gasteiger charge is 1.97. The van der Waals surface area contributed by atoms with Gasteiger partial charge < -0.3 is 4.74 Å². The molecule has 0 fully saturated rings. The molecular weight excluding hydrogens is 246 g/mol. The monoisotopic (exact) mass is 251 g/mol. The second-order valence-electron chi connectivity index (χ2n) is 2.47. The molecule has 0 N–H and O–H groups in total. The first kappa shape index (κ1) is 9.08.